The minimum atomic E-state index is -0.313. The smallest absolute Gasteiger partial charge is 0.271 e. The Kier molecular flexibility index (Phi) is 5.57. The SMILES string of the molecule is COc1cccc(C(=O)N/N=C/c2ccc3c(ccn3Cc3cccc(F)c3)c2)c1. The number of hydrogen-bond donors (Lipinski definition) is 1. The summed E-state index contributed by atoms with van der Waals surface area (Å²) >= 11 is 0. The largest absolute Gasteiger partial charge is 0.497 e. The zero-order chi connectivity index (χ0) is 20.9. The average molecular weight is 401 g/mol. The molecule has 150 valence electrons. The number of methoxy groups -OCH3 is 1. The van der Waals surface area contributed by atoms with Crippen molar-refractivity contribution in [3.63, 3.8) is 0 Å². The Labute approximate surface area is 173 Å². The molecule has 0 bridgehead atoms. The topological polar surface area (TPSA) is 55.6 Å². The van der Waals surface area contributed by atoms with Crippen molar-refractivity contribution < 1.29 is 13.9 Å². The molecule has 0 radical (unpaired) electrons. The maximum Gasteiger partial charge on any atom is 0.271 e. The van der Waals surface area contributed by atoms with Crippen LogP contribution in [0.15, 0.2) is 84.1 Å². The number of carbonyl (C=O) groups excluding carboxylic acids is 1. The van der Waals surface area contributed by atoms with Gasteiger partial charge in [0.2, 0.25) is 0 Å². The first-order chi connectivity index (χ1) is 14.6. The first-order valence-corrected chi connectivity index (χ1v) is 9.43. The van der Waals surface area contributed by atoms with E-state index in [0.717, 1.165) is 22.0 Å². The fourth-order valence-electron chi connectivity index (χ4n) is 3.26. The maximum atomic E-state index is 13.4. The first-order valence-electron chi connectivity index (χ1n) is 9.43. The molecule has 0 aliphatic heterocycles. The van der Waals surface area contributed by atoms with Gasteiger partial charge in [-0.15, -0.1) is 0 Å². The Morgan fingerprint density at radius 1 is 1.10 bits per heavy atom. The fraction of sp³-hybridized carbons (Fsp3) is 0.0833. The van der Waals surface area contributed by atoms with Crippen LogP contribution in [0.1, 0.15) is 21.5 Å². The molecule has 1 aromatic heterocycles. The minimum Gasteiger partial charge on any atom is -0.497 e. The van der Waals surface area contributed by atoms with Gasteiger partial charge in [0.1, 0.15) is 11.6 Å². The average Bonchev–Trinajstić information content (AvgIpc) is 3.15. The normalized spacial score (nSPS) is 11.1. The quantitative estimate of drug-likeness (QED) is 0.379. The highest BCUT2D eigenvalue weighted by Crippen LogP contribution is 2.19. The highest BCUT2D eigenvalue weighted by Gasteiger charge is 2.06. The number of hydrogen-bond acceptors (Lipinski definition) is 3. The van der Waals surface area contributed by atoms with Gasteiger partial charge in [-0.3, -0.25) is 4.79 Å². The van der Waals surface area contributed by atoms with Gasteiger partial charge in [0.15, 0.2) is 0 Å². The van der Waals surface area contributed by atoms with E-state index in [-0.39, 0.29) is 11.7 Å². The number of carbonyl (C=O) groups is 1. The predicted octanol–water partition coefficient (Wildman–Crippen LogP) is 4.60. The van der Waals surface area contributed by atoms with Gasteiger partial charge in [0, 0.05) is 29.2 Å². The van der Waals surface area contributed by atoms with Crippen molar-refractivity contribution in [2.24, 2.45) is 5.10 Å². The Morgan fingerprint density at radius 2 is 1.97 bits per heavy atom. The molecule has 0 saturated carbocycles. The highest BCUT2D eigenvalue weighted by atomic mass is 19.1. The second-order valence-electron chi connectivity index (χ2n) is 6.82. The number of ether oxygens (including phenoxy) is 1. The van der Waals surface area contributed by atoms with Crippen LogP contribution in [0, 0.1) is 5.82 Å². The third-order valence-corrected chi connectivity index (χ3v) is 4.75. The van der Waals surface area contributed by atoms with Crippen LogP contribution < -0.4 is 10.2 Å². The number of nitrogens with zero attached hydrogens (tertiary/aromatic N) is 2. The number of benzene rings is 3. The number of aromatic nitrogens is 1. The van der Waals surface area contributed by atoms with E-state index in [4.69, 9.17) is 4.74 Å². The number of nitrogens with one attached hydrogen (secondary N) is 1. The Balaban J connectivity index is 1.45. The van der Waals surface area contributed by atoms with Gasteiger partial charge >= 0.3 is 0 Å². The maximum absolute atomic E-state index is 13.4. The van der Waals surface area contributed by atoms with Gasteiger partial charge in [-0.1, -0.05) is 24.3 Å². The van der Waals surface area contributed by atoms with Gasteiger partial charge in [-0.05, 0) is 59.7 Å². The summed E-state index contributed by atoms with van der Waals surface area (Å²) < 4.78 is 20.6. The molecule has 0 fully saturated rings. The van der Waals surface area contributed by atoms with Crippen molar-refractivity contribution in [2.45, 2.75) is 6.54 Å². The van der Waals surface area contributed by atoms with Gasteiger partial charge < -0.3 is 9.30 Å². The van der Waals surface area contributed by atoms with Gasteiger partial charge in [0.05, 0.1) is 13.3 Å². The molecule has 6 heteroatoms. The van der Waals surface area contributed by atoms with Crippen LogP contribution in [0.5, 0.6) is 5.75 Å². The molecular formula is C24H20FN3O2. The van der Waals surface area contributed by atoms with E-state index in [9.17, 15) is 9.18 Å². The first kappa shape index (κ1) is 19.4. The summed E-state index contributed by atoms with van der Waals surface area (Å²) in [6, 6.07) is 21.4. The molecule has 4 rings (SSSR count). The minimum absolute atomic E-state index is 0.238. The molecule has 5 nitrogen and oxygen atoms in total. The number of halogens is 1. The number of amides is 1. The molecule has 0 unspecified atom stereocenters. The lowest BCUT2D eigenvalue weighted by Gasteiger charge is -2.06. The molecule has 3 aromatic carbocycles. The van der Waals surface area contributed by atoms with Crippen molar-refractivity contribution in [1.82, 2.24) is 9.99 Å². The lowest BCUT2D eigenvalue weighted by atomic mass is 10.1. The summed E-state index contributed by atoms with van der Waals surface area (Å²) in [6.45, 7) is 0.589. The van der Waals surface area contributed by atoms with Crippen molar-refractivity contribution in [1.29, 1.82) is 0 Å². The monoisotopic (exact) mass is 401 g/mol. The number of fused-ring (bicyclic) bond motifs is 1. The van der Waals surface area contributed by atoms with Gasteiger partial charge in [-0.25, -0.2) is 9.82 Å². The van der Waals surface area contributed by atoms with E-state index in [2.05, 4.69) is 15.1 Å². The zero-order valence-electron chi connectivity index (χ0n) is 16.4. The van der Waals surface area contributed by atoms with Crippen molar-refractivity contribution in [2.75, 3.05) is 7.11 Å². The zero-order valence-corrected chi connectivity index (χ0v) is 16.4. The summed E-state index contributed by atoms with van der Waals surface area (Å²) in [5.41, 5.74) is 5.79. The molecule has 0 saturated heterocycles. The standard InChI is InChI=1S/C24H20FN3O2/c1-30-22-7-3-5-20(14-22)24(29)27-26-15-17-8-9-23-19(12-17)10-11-28(23)16-18-4-2-6-21(25)13-18/h2-15H,16H2,1H3,(H,27,29)/b26-15+. The summed E-state index contributed by atoms with van der Waals surface area (Å²) in [5, 5.41) is 5.09. The van der Waals surface area contributed by atoms with Crippen molar-refractivity contribution in [3.05, 3.63) is 102 Å². The fourth-order valence-corrected chi connectivity index (χ4v) is 3.26. The summed E-state index contributed by atoms with van der Waals surface area (Å²) in [7, 11) is 1.55. The predicted molar refractivity (Wildman–Crippen MR) is 115 cm³/mol. The Bertz CT molecular complexity index is 1230. The molecule has 30 heavy (non-hydrogen) atoms. The molecule has 4 aromatic rings. The second kappa shape index (κ2) is 8.61. The second-order valence-corrected chi connectivity index (χ2v) is 6.82. The molecule has 1 amide bonds. The highest BCUT2D eigenvalue weighted by molar-refractivity contribution is 5.95. The third-order valence-electron chi connectivity index (χ3n) is 4.75. The van der Waals surface area contributed by atoms with Crippen LogP contribution in [0.2, 0.25) is 0 Å². The molecular weight excluding hydrogens is 381 g/mol. The van der Waals surface area contributed by atoms with Crippen molar-refractivity contribution in [3.8, 4) is 5.75 Å². The Morgan fingerprint density at radius 3 is 2.80 bits per heavy atom. The molecule has 0 spiro atoms. The van der Waals surface area contributed by atoms with Crippen LogP contribution >= 0.6 is 0 Å². The van der Waals surface area contributed by atoms with Crippen LogP contribution in [-0.2, 0) is 6.54 Å². The summed E-state index contributed by atoms with van der Waals surface area (Å²) in [4.78, 5) is 12.2. The third kappa shape index (κ3) is 4.38. The van der Waals surface area contributed by atoms with Crippen LogP contribution in [0.4, 0.5) is 4.39 Å². The Hall–Kier alpha value is -3.93. The molecule has 0 aliphatic carbocycles. The number of rotatable bonds is 6. The summed E-state index contributed by atoms with van der Waals surface area (Å²) in [5.74, 6) is 0.0609. The van der Waals surface area contributed by atoms with Crippen molar-refractivity contribution >= 4 is 23.0 Å². The van der Waals surface area contributed by atoms with E-state index in [1.807, 2.05) is 36.5 Å². The molecule has 0 atom stereocenters. The molecule has 0 aliphatic rings. The summed E-state index contributed by atoms with van der Waals surface area (Å²) in [6.07, 6.45) is 3.57. The molecule has 1 heterocycles. The van der Waals surface area contributed by atoms with Gasteiger partial charge in [0.25, 0.3) is 5.91 Å². The van der Waals surface area contributed by atoms with E-state index < -0.39 is 0 Å². The van der Waals surface area contributed by atoms with Crippen LogP contribution in [-0.4, -0.2) is 23.8 Å². The van der Waals surface area contributed by atoms with E-state index in [1.54, 1.807) is 43.7 Å². The van der Waals surface area contributed by atoms with E-state index in [0.29, 0.717) is 17.9 Å². The van der Waals surface area contributed by atoms with Crippen LogP contribution in [0.3, 0.4) is 0 Å². The van der Waals surface area contributed by atoms with E-state index in [1.165, 1.54) is 12.1 Å². The number of hydrazone groups is 1. The molecule has 1 N–H and O–H groups in total. The van der Waals surface area contributed by atoms with Crippen LogP contribution in [0.25, 0.3) is 10.9 Å². The lowest BCUT2D eigenvalue weighted by molar-refractivity contribution is 0.0955. The lowest BCUT2D eigenvalue weighted by Crippen LogP contribution is -2.17. The van der Waals surface area contributed by atoms with Gasteiger partial charge in [-0.2, -0.15) is 5.10 Å². The van der Waals surface area contributed by atoms with E-state index >= 15 is 0 Å².